The van der Waals surface area contributed by atoms with Gasteiger partial charge in [0, 0.05) is 18.4 Å². The van der Waals surface area contributed by atoms with E-state index in [0.717, 1.165) is 6.07 Å². The summed E-state index contributed by atoms with van der Waals surface area (Å²) < 4.78 is 26.9. The van der Waals surface area contributed by atoms with Crippen LogP contribution in [0.1, 0.15) is 10.4 Å². The van der Waals surface area contributed by atoms with Gasteiger partial charge < -0.3 is 10.4 Å². The molecule has 3 N–H and O–H groups in total. The third kappa shape index (κ3) is 3.32. The molecule has 0 aromatic heterocycles. The van der Waals surface area contributed by atoms with E-state index in [1.807, 2.05) is 0 Å². The maximum Gasteiger partial charge on any atom is 0.337 e. The van der Waals surface area contributed by atoms with Gasteiger partial charge in [0.15, 0.2) is 0 Å². The molecule has 2 rings (SSSR count). The van der Waals surface area contributed by atoms with E-state index in [1.54, 1.807) is 37.4 Å². The number of carbonyl (C=O) groups is 1. The molecule has 0 fully saturated rings. The number of hydrogen-bond acceptors (Lipinski definition) is 4. The van der Waals surface area contributed by atoms with Crippen molar-refractivity contribution in [1.82, 2.24) is 0 Å². The molecule has 0 radical (unpaired) electrons. The Bertz CT molecular complexity index is 758. The minimum atomic E-state index is -3.84. The second-order valence-corrected chi connectivity index (χ2v) is 5.92. The van der Waals surface area contributed by atoms with Crippen LogP contribution in [0.15, 0.2) is 53.4 Å². The lowest BCUT2D eigenvalue weighted by Gasteiger charge is -2.11. The second kappa shape index (κ2) is 5.84. The number of carboxylic acids is 1. The molecule has 7 heteroatoms. The Hall–Kier alpha value is -2.54. The van der Waals surface area contributed by atoms with Gasteiger partial charge in [0.1, 0.15) is 0 Å². The van der Waals surface area contributed by atoms with Gasteiger partial charge in [0.2, 0.25) is 0 Å². The van der Waals surface area contributed by atoms with Gasteiger partial charge in [0.05, 0.1) is 10.5 Å². The maximum absolute atomic E-state index is 12.3. The van der Waals surface area contributed by atoms with E-state index in [2.05, 4.69) is 10.0 Å². The summed E-state index contributed by atoms with van der Waals surface area (Å²) in [4.78, 5) is 11.1. The first-order valence-corrected chi connectivity index (χ1v) is 7.55. The van der Waals surface area contributed by atoms with Crippen LogP contribution in [0.4, 0.5) is 11.4 Å². The minimum Gasteiger partial charge on any atom is -0.478 e. The molecule has 0 spiro atoms. The van der Waals surface area contributed by atoms with Gasteiger partial charge in [0.25, 0.3) is 10.0 Å². The molecular formula is C14H14N2O4S. The first-order valence-electron chi connectivity index (χ1n) is 6.07. The van der Waals surface area contributed by atoms with Gasteiger partial charge in [-0.25, -0.2) is 13.2 Å². The summed E-state index contributed by atoms with van der Waals surface area (Å²) in [6.45, 7) is 0. The van der Waals surface area contributed by atoms with Crippen LogP contribution >= 0.6 is 0 Å². The van der Waals surface area contributed by atoms with Crippen molar-refractivity contribution in [2.45, 2.75) is 4.90 Å². The second-order valence-electron chi connectivity index (χ2n) is 4.23. The molecule has 6 nitrogen and oxygen atoms in total. The average Bonchev–Trinajstić information content (AvgIpc) is 2.47. The number of nitrogens with one attached hydrogen (secondary N) is 2. The van der Waals surface area contributed by atoms with Crippen LogP contribution < -0.4 is 10.0 Å². The molecule has 0 bridgehead atoms. The normalized spacial score (nSPS) is 10.9. The first kappa shape index (κ1) is 14.9. The fourth-order valence-electron chi connectivity index (χ4n) is 1.81. The van der Waals surface area contributed by atoms with Crippen molar-refractivity contribution >= 4 is 27.4 Å². The number of carboxylic acid groups (broad SMARTS) is 1. The zero-order valence-corrected chi connectivity index (χ0v) is 12.0. The quantitative estimate of drug-likeness (QED) is 0.787. The molecule has 0 atom stereocenters. The fourth-order valence-corrected chi connectivity index (χ4v) is 2.89. The Balaban J connectivity index is 2.41. The summed E-state index contributed by atoms with van der Waals surface area (Å²) in [5.41, 5.74) is 0.654. The summed E-state index contributed by atoms with van der Waals surface area (Å²) in [7, 11) is -2.27. The van der Waals surface area contributed by atoms with E-state index in [9.17, 15) is 13.2 Å². The van der Waals surface area contributed by atoms with E-state index in [4.69, 9.17) is 5.11 Å². The molecule has 0 saturated heterocycles. The highest BCUT2D eigenvalue weighted by molar-refractivity contribution is 7.92. The number of sulfonamides is 1. The Morgan fingerprint density at radius 1 is 1.10 bits per heavy atom. The van der Waals surface area contributed by atoms with Crippen LogP contribution in [0.3, 0.4) is 0 Å². The number of benzene rings is 2. The van der Waals surface area contributed by atoms with Crippen LogP contribution in [-0.2, 0) is 10.0 Å². The molecule has 0 aliphatic rings. The molecule has 0 aliphatic heterocycles. The molecule has 0 aliphatic carbocycles. The lowest BCUT2D eigenvalue weighted by molar-refractivity contribution is 0.0697. The summed E-state index contributed by atoms with van der Waals surface area (Å²) in [5.74, 6) is -1.20. The predicted octanol–water partition coefficient (Wildman–Crippen LogP) is 2.23. The predicted molar refractivity (Wildman–Crippen MR) is 80.2 cm³/mol. The van der Waals surface area contributed by atoms with Gasteiger partial charge in [-0.1, -0.05) is 18.2 Å². The maximum atomic E-state index is 12.3. The highest BCUT2D eigenvalue weighted by Crippen LogP contribution is 2.22. The molecule has 2 aromatic carbocycles. The molecule has 21 heavy (non-hydrogen) atoms. The zero-order chi connectivity index (χ0) is 15.5. The monoisotopic (exact) mass is 306 g/mol. The van der Waals surface area contributed by atoms with Crippen LogP contribution in [0.25, 0.3) is 0 Å². The molecule has 2 aromatic rings. The zero-order valence-electron chi connectivity index (χ0n) is 11.2. The van der Waals surface area contributed by atoms with Crippen LogP contribution in [-0.4, -0.2) is 26.5 Å². The fraction of sp³-hybridized carbons (Fsp3) is 0.0714. The molecule has 0 unspecified atom stereocenters. The summed E-state index contributed by atoms with van der Waals surface area (Å²) in [5, 5.41) is 11.8. The largest absolute Gasteiger partial charge is 0.478 e. The molecule has 0 heterocycles. The first-order chi connectivity index (χ1) is 9.94. The number of para-hydroxylation sites is 1. The Morgan fingerprint density at radius 3 is 2.33 bits per heavy atom. The molecule has 0 amide bonds. The van der Waals surface area contributed by atoms with Gasteiger partial charge in [-0.05, 0) is 30.3 Å². The van der Waals surface area contributed by atoms with Crippen LogP contribution in [0.5, 0.6) is 0 Å². The van der Waals surface area contributed by atoms with Gasteiger partial charge in [-0.2, -0.15) is 0 Å². The van der Waals surface area contributed by atoms with Crippen molar-refractivity contribution in [2.75, 3.05) is 17.1 Å². The van der Waals surface area contributed by atoms with E-state index in [-0.39, 0.29) is 10.5 Å². The third-order valence-corrected chi connectivity index (χ3v) is 4.21. The smallest absolute Gasteiger partial charge is 0.337 e. The Labute approximate surface area is 122 Å². The number of anilines is 2. The van der Waals surface area contributed by atoms with Crippen molar-refractivity contribution in [3.05, 3.63) is 54.1 Å². The van der Waals surface area contributed by atoms with Gasteiger partial charge in [-0.15, -0.1) is 0 Å². The topological polar surface area (TPSA) is 95.5 Å². The van der Waals surface area contributed by atoms with Crippen molar-refractivity contribution in [2.24, 2.45) is 0 Å². The number of aromatic carboxylic acids is 1. The van der Waals surface area contributed by atoms with Crippen LogP contribution in [0, 0.1) is 0 Å². The van der Waals surface area contributed by atoms with E-state index in [0.29, 0.717) is 11.4 Å². The lowest BCUT2D eigenvalue weighted by Crippen LogP contribution is -2.14. The summed E-state index contributed by atoms with van der Waals surface area (Å²) in [6, 6.07) is 12.3. The summed E-state index contributed by atoms with van der Waals surface area (Å²) >= 11 is 0. The SMILES string of the molecule is CNc1ccc(S(=O)(=O)Nc2ccccc2)cc1C(=O)O. The Morgan fingerprint density at radius 2 is 1.76 bits per heavy atom. The highest BCUT2D eigenvalue weighted by Gasteiger charge is 2.18. The minimum absolute atomic E-state index is 0.103. The number of hydrogen-bond donors (Lipinski definition) is 3. The molecular weight excluding hydrogens is 292 g/mol. The lowest BCUT2D eigenvalue weighted by atomic mass is 10.2. The van der Waals surface area contributed by atoms with Crippen molar-refractivity contribution in [1.29, 1.82) is 0 Å². The van der Waals surface area contributed by atoms with Gasteiger partial charge in [-0.3, -0.25) is 4.72 Å². The highest BCUT2D eigenvalue weighted by atomic mass is 32.2. The van der Waals surface area contributed by atoms with E-state index < -0.39 is 16.0 Å². The standard InChI is InChI=1S/C14H14N2O4S/c1-15-13-8-7-11(9-12(13)14(17)18)21(19,20)16-10-5-3-2-4-6-10/h2-9,15-16H,1H3,(H,17,18). The van der Waals surface area contributed by atoms with E-state index >= 15 is 0 Å². The molecule has 0 saturated carbocycles. The number of rotatable bonds is 5. The van der Waals surface area contributed by atoms with Crippen molar-refractivity contribution < 1.29 is 18.3 Å². The Kier molecular flexibility index (Phi) is 4.13. The average molecular weight is 306 g/mol. The van der Waals surface area contributed by atoms with E-state index in [1.165, 1.54) is 12.1 Å². The van der Waals surface area contributed by atoms with Crippen molar-refractivity contribution in [3.8, 4) is 0 Å². The third-order valence-electron chi connectivity index (χ3n) is 2.83. The summed E-state index contributed by atoms with van der Waals surface area (Å²) in [6.07, 6.45) is 0. The van der Waals surface area contributed by atoms with Crippen molar-refractivity contribution in [3.63, 3.8) is 0 Å². The van der Waals surface area contributed by atoms with Gasteiger partial charge >= 0.3 is 5.97 Å². The van der Waals surface area contributed by atoms with Crippen LogP contribution in [0.2, 0.25) is 0 Å². The molecule has 110 valence electrons.